The summed E-state index contributed by atoms with van der Waals surface area (Å²) >= 11 is 0. The molecule has 1 N–H and O–H groups in total. The maximum atomic E-state index is 13.6. The lowest BCUT2D eigenvalue weighted by Gasteiger charge is -2.47. The van der Waals surface area contributed by atoms with E-state index in [2.05, 4.69) is 5.32 Å². The zero-order valence-corrected chi connectivity index (χ0v) is 16.2. The quantitative estimate of drug-likeness (QED) is 0.497. The molecule has 0 saturated heterocycles. The molecule has 1 atom stereocenters. The van der Waals surface area contributed by atoms with E-state index < -0.39 is 22.9 Å². The van der Waals surface area contributed by atoms with Crippen molar-refractivity contribution < 1.29 is 23.9 Å². The van der Waals surface area contributed by atoms with Gasteiger partial charge in [0.1, 0.15) is 5.54 Å². The molecule has 6 heteroatoms. The summed E-state index contributed by atoms with van der Waals surface area (Å²) in [5.41, 5.74) is -0.242. The van der Waals surface area contributed by atoms with Gasteiger partial charge in [0.2, 0.25) is 0 Å². The van der Waals surface area contributed by atoms with Crippen LogP contribution in [-0.4, -0.2) is 36.5 Å². The lowest BCUT2D eigenvalue weighted by molar-refractivity contribution is -0.176. The van der Waals surface area contributed by atoms with E-state index in [-0.39, 0.29) is 31.8 Å². The summed E-state index contributed by atoms with van der Waals surface area (Å²) in [6.45, 7) is 7.38. The second kappa shape index (κ2) is 6.83. The van der Waals surface area contributed by atoms with Crippen LogP contribution >= 0.6 is 0 Å². The zero-order valence-electron chi connectivity index (χ0n) is 16.2. The van der Waals surface area contributed by atoms with Crippen LogP contribution in [0.25, 0.3) is 0 Å². The Balaban J connectivity index is 2.27. The Morgan fingerprint density at radius 2 is 1.56 bits per heavy atom. The first kappa shape index (κ1) is 19.1. The van der Waals surface area contributed by atoms with Crippen LogP contribution in [0.5, 0.6) is 0 Å². The van der Waals surface area contributed by atoms with Crippen molar-refractivity contribution in [1.82, 2.24) is 0 Å². The van der Waals surface area contributed by atoms with Gasteiger partial charge in [0, 0.05) is 17.7 Å². The number of carbonyl (C=O) groups is 3. The van der Waals surface area contributed by atoms with E-state index in [1.165, 1.54) is 0 Å². The second-order valence-electron chi connectivity index (χ2n) is 7.17. The maximum absolute atomic E-state index is 13.6. The molecule has 1 heterocycles. The zero-order chi connectivity index (χ0) is 19.8. The maximum Gasteiger partial charge on any atom is 0.326 e. The topological polar surface area (TPSA) is 81.7 Å². The Hall–Kier alpha value is -2.63. The molecule has 1 aromatic carbocycles. The number of Topliss-reactive ketones (excluding diaryl/α,β-unsaturated/α-hetero) is 1. The summed E-state index contributed by atoms with van der Waals surface area (Å²) in [5, 5.41) is 3.23. The van der Waals surface area contributed by atoms with Crippen molar-refractivity contribution in [2.45, 2.75) is 46.1 Å². The Kier molecular flexibility index (Phi) is 4.84. The fourth-order valence-corrected chi connectivity index (χ4v) is 4.22. The van der Waals surface area contributed by atoms with Crippen LogP contribution in [0.15, 0.2) is 35.4 Å². The van der Waals surface area contributed by atoms with Crippen LogP contribution in [-0.2, 0) is 19.1 Å². The molecule has 0 saturated carbocycles. The Labute approximate surface area is 158 Å². The smallest absolute Gasteiger partial charge is 0.326 e. The van der Waals surface area contributed by atoms with E-state index in [1.54, 1.807) is 32.0 Å². The number of fused-ring (bicyclic) bond motifs is 1. The molecular formula is C21H25NO5. The predicted molar refractivity (Wildman–Crippen MR) is 100 cm³/mol. The van der Waals surface area contributed by atoms with Crippen LogP contribution in [0, 0.1) is 5.41 Å². The lowest BCUT2D eigenvalue weighted by Crippen LogP contribution is -2.66. The van der Waals surface area contributed by atoms with Crippen LogP contribution < -0.4 is 5.32 Å². The number of nitrogens with one attached hydrogen (secondary N) is 1. The van der Waals surface area contributed by atoms with Gasteiger partial charge < -0.3 is 14.8 Å². The predicted octanol–water partition coefficient (Wildman–Crippen LogP) is 3.28. The van der Waals surface area contributed by atoms with Crippen molar-refractivity contribution in [1.29, 1.82) is 0 Å². The van der Waals surface area contributed by atoms with Gasteiger partial charge in [-0.15, -0.1) is 0 Å². The SMILES string of the molecule is CCOC(=O)C1(C(=O)OCC)CC(C)=C(C)CC12Nc1ccccc1C2=O. The monoisotopic (exact) mass is 371 g/mol. The number of hydrogen-bond donors (Lipinski definition) is 1. The summed E-state index contributed by atoms with van der Waals surface area (Å²) < 4.78 is 10.6. The van der Waals surface area contributed by atoms with E-state index in [9.17, 15) is 14.4 Å². The molecule has 0 radical (unpaired) electrons. The van der Waals surface area contributed by atoms with E-state index >= 15 is 0 Å². The molecule has 1 unspecified atom stereocenters. The van der Waals surface area contributed by atoms with Crippen molar-refractivity contribution in [2.75, 3.05) is 18.5 Å². The fourth-order valence-electron chi connectivity index (χ4n) is 4.22. The second-order valence-corrected chi connectivity index (χ2v) is 7.17. The van der Waals surface area contributed by atoms with Crippen LogP contribution in [0.2, 0.25) is 0 Å². The van der Waals surface area contributed by atoms with Gasteiger partial charge in [-0.1, -0.05) is 23.3 Å². The molecule has 1 aromatic rings. The minimum absolute atomic E-state index is 0.0865. The van der Waals surface area contributed by atoms with Crippen molar-refractivity contribution in [3.05, 3.63) is 41.0 Å². The molecule has 0 aromatic heterocycles. The molecule has 0 fully saturated rings. The third-order valence-electron chi connectivity index (χ3n) is 5.67. The van der Waals surface area contributed by atoms with Gasteiger partial charge in [-0.3, -0.25) is 14.4 Å². The summed E-state index contributed by atoms with van der Waals surface area (Å²) in [6, 6.07) is 7.07. The van der Waals surface area contributed by atoms with Gasteiger partial charge in [-0.25, -0.2) is 0 Å². The highest BCUT2D eigenvalue weighted by Crippen LogP contribution is 2.54. The number of ether oxygens (including phenoxy) is 2. The molecule has 1 spiro atoms. The molecule has 27 heavy (non-hydrogen) atoms. The molecule has 6 nitrogen and oxygen atoms in total. The fraction of sp³-hybridized carbons (Fsp3) is 0.476. The number of ketones is 1. The average Bonchev–Trinajstić information content (AvgIpc) is 2.91. The minimum atomic E-state index is -1.77. The van der Waals surface area contributed by atoms with Gasteiger partial charge in [-0.2, -0.15) is 0 Å². The highest BCUT2D eigenvalue weighted by molar-refractivity contribution is 6.21. The molecular weight excluding hydrogens is 346 g/mol. The van der Waals surface area contributed by atoms with Crippen molar-refractivity contribution >= 4 is 23.4 Å². The summed E-state index contributed by atoms with van der Waals surface area (Å²) in [6.07, 6.45) is 0.327. The number of hydrogen-bond acceptors (Lipinski definition) is 6. The van der Waals surface area contributed by atoms with Crippen LogP contribution in [0.1, 0.15) is 50.9 Å². The highest BCUT2D eigenvalue weighted by Gasteiger charge is 2.70. The summed E-state index contributed by atoms with van der Waals surface area (Å²) in [7, 11) is 0. The number of anilines is 1. The summed E-state index contributed by atoms with van der Waals surface area (Å²) in [4.78, 5) is 40.0. The van der Waals surface area contributed by atoms with Gasteiger partial charge in [0.15, 0.2) is 11.2 Å². The van der Waals surface area contributed by atoms with Gasteiger partial charge in [-0.05, 0) is 46.2 Å². The van der Waals surface area contributed by atoms with Gasteiger partial charge in [0.25, 0.3) is 0 Å². The van der Waals surface area contributed by atoms with Crippen LogP contribution in [0.3, 0.4) is 0 Å². The molecule has 1 aliphatic carbocycles. The lowest BCUT2D eigenvalue weighted by atomic mass is 9.58. The van der Waals surface area contributed by atoms with Crippen molar-refractivity contribution in [2.24, 2.45) is 5.41 Å². The third-order valence-corrected chi connectivity index (χ3v) is 5.67. The Morgan fingerprint density at radius 1 is 1.00 bits per heavy atom. The number of esters is 2. The first-order valence-electron chi connectivity index (χ1n) is 9.25. The first-order chi connectivity index (χ1) is 12.8. The number of allylic oxidation sites excluding steroid dienone is 1. The molecule has 0 bridgehead atoms. The van der Waals surface area contributed by atoms with E-state index in [0.29, 0.717) is 11.3 Å². The largest absolute Gasteiger partial charge is 0.465 e. The van der Waals surface area contributed by atoms with Crippen LogP contribution in [0.4, 0.5) is 5.69 Å². The Bertz CT molecular complexity index is 823. The molecule has 2 aliphatic rings. The normalized spacial score (nSPS) is 23.0. The number of rotatable bonds is 4. The molecule has 144 valence electrons. The third kappa shape index (κ3) is 2.58. The molecule has 1 aliphatic heterocycles. The van der Waals surface area contributed by atoms with Gasteiger partial charge >= 0.3 is 11.9 Å². The highest BCUT2D eigenvalue weighted by atomic mass is 16.6. The number of carbonyl (C=O) groups excluding carboxylic acids is 3. The Morgan fingerprint density at radius 3 is 2.11 bits per heavy atom. The number of benzene rings is 1. The van der Waals surface area contributed by atoms with Gasteiger partial charge in [0.05, 0.1) is 13.2 Å². The van der Waals surface area contributed by atoms with E-state index in [1.807, 2.05) is 19.9 Å². The van der Waals surface area contributed by atoms with Crippen molar-refractivity contribution in [3.63, 3.8) is 0 Å². The first-order valence-corrected chi connectivity index (χ1v) is 9.25. The van der Waals surface area contributed by atoms with Crippen molar-refractivity contribution in [3.8, 4) is 0 Å². The standard InChI is InChI=1S/C21H25NO5/c1-5-26-18(24)20(19(25)27-6-2)11-13(3)14(4)12-21(20)17(23)15-9-7-8-10-16(15)22-21/h7-10,22H,5-6,11-12H2,1-4H3. The number of para-hydroxylation sites is 1. The average molecular weight is 371 g/mol. The van der Waals surface area contributed by atoms with E-state index in [4.69, 9.17) is 9.47 Å². The summed E-state index contributed by atoms with van der Waals surface area (Å²) in [5.74, 6) is -1.71. The molecule has 0 amide bonds. The van der Waals surface area contributed by atoms with E-state index in [0.717, 1.165) is 11.1 Å². The minimum Gasteiger partial charge on any atom is -0.465 e. The molecule has 3 rings (SSSR count).